The maximum absolute atomic E-state index is 11.9. The number of rotatable bonds is 8. The molecule has 0 aliphatic heterocycles. The summed E-state index contributed by atoms with van der Waals surface area (Å²) in [6.07, 6.45) is -0.282. The number of urea groups is 1. The Kier molecular flexibility index (Phi) is 7.06. The molecule has 0 bridgehead atoms. The van der Waals surface area contributed by atoms with Gasteiger partial charge < -0.3 is 20.5 Å². The third-order valence-electron chi connectivity index (χ3n) is 3.31. The van der Waals surface area contributed by atoms with Crippen LogP contribution in [0.25, 0.3) is 0 Å². The monoisotopic (exact) mass is 334 g/mol. The molecule has 2 amide bonds. The summed E-state index contributed by atoms with van der Waals surface area (Å²) < 4.78 is 5.63. The lowest BCUT2D eigenvalue weighted by Gasteiger charge is -2.19. The maximum Gasteiger partial charge on any atom is 0.315 e. The van der Waals surface area contributed by atoms with Crippen LogP contribution in [0.3, 0.4) is 0 Å². The summed E-state index contributed by atoms with van der Waals surface area (Å²) in [5.41, 5.74) is 2.14. The van der Waals surface area contributed by atoms with Gasteiger partial charge in [-0.2, -0.15) is 0 Å². The van der Waals surface area contributed by atoms with Gasteiger partial charge in [-0.05, 0) is 23.9 Å². The normalized spacial score (nSPS) is 11.9. The highest BCUT2D eigenvalue weighted by Crippen LogP contribution is 2.17. The van der Waals surface area contributed by atoms with Gasteiger partial charge in [-0.25, -0.2) is 4.79 Å². The van der Waals surface area contributed by atoms with Gasteiger partial charge in [0.2, 0.25) is 0 Å². The Balaban J connectivity index is 1.84. The average molecular weight is 334 g/mol. The minimum Gasteiger partial charge on any atom is -0.394 e. The summed E-state index contributed by atoms with van der Waals surface area (Å²) in [5.74, 6) is 0. The maximum atomic E-state index is 11.9. The molecule has 0 aliphatic carbocycles. The number of ether oxygens (including phenoxy) is 1. The highest BCUT2D eigenvalue weighted by atomic mass is 32.1. The van der Waals surface area contributed by atoms with E-state index in [1.165, 1.54) is 0 Å². The fraction of sp³-hybridized carbons (Fsp3) is 0.353. The number of amides is 2. The predicted octanol–water partition coefficient (Wildman–Crippen LogP) is 2.61. The van der Waals surface area contributed by atoms with Crippen molar-refractivity contribution >= 4 is 17.4 Å². The molecule has 5 nitrogen and oxygen atoms in total. The molecule has 6 heteroatoms. The second-order valence-corrected chi connectivity index (χ2v) is 6.17. The number of thiophene rings is 1. The van der Waals surface area contributed by atoms with Crippen molar-refractivity contribution in [2.75, 3.05) is 19.8 Å². The second-order valence-electron chi connectivity index (χ2n) is 5.14. The molecule has 23 heavy (non-hydrogen) atoms. The van der Waals surface area contributed by atoms with E-state index in [-0.39, 0.29) is 25.3 Å². The number of benzene rings is 1. The van der Waals surface area contributed by atoms with Crippen LogP contribution in [-0.2, 0) is 11.3 Å². The number of carbonyl (C=O) groups excluding carboxylic acids is 1. The molecule has 1 heterocycles. The van der Waals surface area contributed by atoms with Crippen molar-refractivity contribution in [1.82, 2.24) is 10.6 Å². The average Bonchev–Trinajstić information content (AvgIpc) is 3.07. The van der Waals surface area contributed by atoms with E-state index in [0.29, 0.717) is 13.1 Å². The minimum absolute atomic E-state index is 0.0487. The van der Waals surface area contributed by atoms with Crippen molar-refractivity contribution in [2.24, 2.45) is 0 Å². The summed E-state index contributed by atoms with van der Waals surface area (Å²) in [6, 6.07) is 11.7. The van der Waals surface area contributed by atoms with Crippen LogP contribution in [-0.4, -0.2) is 30.9 Å². The third kappa shape index (κ3) is 6.02. The SMILES string of the molecule is Cc1ccc([C@H](CNC(=O)NCc2cccs2)OCCO)cc1. The van der Waals surface area contributed by atoms with Crippen molar-refractivity contribution in [3.8, 4) is 0 Å². The van der Waals surface area contributed by atoms with Crippen LogP contribution >= 0.6 is 11.3 Å². The summed E-state index contributed by atoms with van der Waals surface area (Å²) in [7, 11) is 0. The van der Waals surface area contributed by atoms with E-state index < -0.39 is 0 Å². The number of aryl methyl sites for hydroxylation is 1. The fourth-order valence-electron chi connectivity index (χ4n) is 2.08. The van der Waals surface area contributed by atoms with Crippen LogP contribution in [0.2, 0.25) is 0 Å². The molecular formula is C17H22N2O3S. The van der Waals surface area contributed by atoms with Gasteiger partial charge in [-0.15, -0.1) is 11.3 Å². The molecule has 0 saturated carbocycles. The molecule has 1 atom stereocenters. The molecule has 1 aromatic carbocycles. The van der Waals surface area contributed by atoms with E-state index in [9.17, 15) is 4.79 Å². The number of aliphatic hydroxyl groups is 1. The molecule has 3 N–H and O–H groups in total. The van der Waals surface area contributed by atoms with Crippen molar-refractivity contribution < 1.29 is 14.6 Å². The topological polar surface area (TPSA) is 70.6 Å². The van der Waals surface area contributed by atoms with E-state index in [4.69, 9.17) is 9.84 Å². The Hall–Kier alpha value is -1.89. The van der Waals surface area contributed by atoms with E-state index in [0.717, 1.165) is 16.0 Å². The van der Waals surface area contributed by atoms with Crippen LogP contribution in [0, 0.1) is 6.92 Å². The number of hydrogen-bond acceptors (Lipinski definition) is 4. The quantitative estimate of drug-likeness (QED) is 0.695. The van der Waals surface area contributed by atoms with Crippen LogP contribution < -0.4 is 10.6 Å². The smallest absolute Gasteiger partial charge is 0.315 e. The van der Waals surface area contributed by atoms with Gasteiger partial charge in [0.25, 0.3) is 0 Å². The molecule has 0 unspecified atom stereocenters. The van der Waals surface area contributed by atoms with Crippen LogP contribution in [0.1, 0.15) is 22.1 Å². The van der Waals surface area contributed by atoms with E-state index in [2.05, 4.69) is 10.6 Å². The molecule has 0 spiro atoms. The summed E-state index contributed by atoms with van der Waals surface area (Å²) >= 11 is 1.60. The van der Waals surface area contributed by atoms with Crippen molar-refractivity contribution in [2.45, 2.75) is 19.6 Å². The first-order valence-electron chi connectivity index (χ1n) is 7.52. The standard InChI is InChI=1S/C17H22N2O3S/c1-13-4-6-14(7-5-13)16(22-9-8-20)12-19-17(21)18-11-15-3-2-10-23-15/h2-7,10,16,20H,8-9,11-12H2,1H3,(H2,18,19,21)/t16-/m0/s1. The third-order valence-corrected chi connectivity index (χ3v) is 4.19. The first-order valence-corrected chi connectivity index (χ1v) is 8.40. The largest absolute Gasteiger partial charge is 0.394 e. The molecule has 0 radical (unpaired) electrons. The van der Waals surface area contributed by atoms with Gasteiger partial charge in [-0.3, -0.25) is 0 Å². The van der Waals surface area contributed by atoms with Gasteiger partial charge in [0.1, 0.15) is 0 Å². The summed E-state index contributed by atoms with van der Waals surface area (Å²) in [4.78, 5) is 13.0. The van der Waals surface area contributed by atoms with Crippen LogP contribution in [0.15, 0.2) is 41.8 Å². The minimum atomic E-state index is -0.282. The van der Waals surface area contributed by atoms with Gasteiger partial charge in [0, 0.05) is 11.4 Å². The lowest BCUT2D eigenvalue weighted by Crippen LogP contribution is -2.37. The summed E-state index contributed by atoms with van der Waals surface area (Å²) in [5, 5.41) is 16.6. The molecule has 2 rings (SSSR count). The highest BCUT2D eigenvalue weighted by molar-refractivity contribution is 7.09. The lowest BCUT2D eigenvalue weighted by atomic mass is 10.1. The first-order chi connectivity index (χ1) is 11.2. The van der Waals surface area contributed by atoms with Gasteiger partial charge in [0.05, 0.1) is 25.9 Å². The van der Waals surface area contributed by atoms with Gasteiger partial charge >= 0.3 is 6.03 Å². The molecule has 1 aromatic heterocycles. The second kappa shape index (κ2) is 9.29. The lowest BCUT2D eigenvalue weighted by molar-refractivity contribution is 0.0294. The molecule has 2 aromatic rings. The molecule has 0 aliphatic rings. The molecule has 0 saturated heterocycles. The molecule has 0 fully saturated rings. The number of nitrogens with one attached hydrogen (secondary N) is 2. The molecular weight excluding hydrogens is 312 g/mol. The Morgan fingerprint density at radius 3 is 2.70 bits per heavy atom. The number of carbonyl (C=O) groups is 1. The summed E-state index contributed by atoms with van der Waals surface area (Å²) in [6.45, 7) is 3.06. The van der Waals surface area contributed by atoms with E-state index >= 15 is 0 Å². The Labute approximate surface area is 140 Å². The Bertz CT molecular complexity index is 584. The fourth-order valence-corrected chi connectivity index (χ4v) is 2.72. The Morgan fingerprint density at radius 1 is 1.26 bits per heavy atom. The van der Waals surface area contributed by atoms with Gasteiger partial charge in [0.15, 0.2) is 0 Å². The zero-order valence-corrected chi connectivity index (χ0v) is 13.9. The van der Waals surface area contributed by atoms with E-state index in [1.807, 2.05) is 48.7 Å². The first kappa shape index (κ1) is 17.5. The zero-order chi connectivity index (χ0) is 16.5. The number of aliphatic hydroxyl groups excluding tert-OH is 1. The molecule has 124 valence electrons. The zero-order valence-electron chi connectivity index (χ0n) is 13.1. The predicted molar refractivity (Wildman–Crippen MR) is 91.5 cm³/mol. The van der Waals surface area contributed by atoms with E-state index in [1.54, 1.807) is 11.3 Å². The van der Waals surface area contributed by atoms with Crippen molar-refractivity contribution in [1.29, 1.82) is 0 Å². The van der Waals surface area contributed by atoms with Crippen LogP contribution in [0.5, 0.6) is 0 Å². The number of hydrogen-bond donors (Lipinski definition) is 3. The Morgan fingerprint density at radius 2 is 2.04 bits per heavy atom. The van der Waals surface area contributed by atoms with Crippen LogP contribution in [0.4, 0.5) is 4.79 Å². The van der Waals surface area contributed by atoms with Crippen molar-refractivity contribution in [3.63, 3.8) is 0 Å². The van der Waals surface area contributed by atoms with Crippen molar-refractivity contribution in [3.05, 3.63) is 57.8 Å². The van der Waals surface area contributed by atoms with Gasteiger partial charge in [-0.1, -0.05) is 35.9 Å². The highest BCUT2D eigenvalue weighted by Gasteiger charge is 2.13.